The van der Waals surface area contributed by atoms with Crippen molar-refractivity contribution < 1.29 is 12.8 Å². The maximum Gasteiger partial charge on any atom is 0.150 e. The second-order valence-corrected chi connectivity index (χ2v) is 7.60. The normalized spacial score (nSPS) is 44.1. The van der Waals surface area contributed by atoms with Gasteiger partial charge in [-0.1, -0.05) is 0 Å². The smallest absolute Gasteiger partial charge is 0.150 e. The Labute approximate surface area is 96.7 Å². The Morgan fingerprint density at radius 2 is 2.12 bits per heavy atom. The lowest BCUT2D eigenvalue weighted by molar-refractivity contribution is 0.0350. The van der Waals surface area contributed by atoms with E-state index < -0.39 is 15.5 Å². The van der Waals surface area contributed by atoms with Gasteiger partial charge >= 0.3 is 0 Å². The Hall–Kier alpha value is -0.160. The Kier molecular flexibility index (Phi) is 3.27. The number of hydrogen-bond donors (Lipinski definition) is 1. The average Bonchev–Trinajstić information content (AvgIpc) is 2.15. The molecule has 2 aliphatic rings. The van der Waals surface area contributed by atoms with Crippen molar-refractivity contribution >= 4 is 9.84 Å². The molecule has 2 heterocycles. The molecule has 0 saturated carbocycles. The van der Waals surface area contributed by atoms with Crippen LogP contribution in [0.5, 0.6) is 0 Å². The van der Waals surface area contributed by atoms with E-state index in [1.54, 1.807) is 6.92 Å². The van der Waals surface area contributed by atoms with Crippen molar-refractivity contribution in [3.05, 3.63) is 0 Å². The maximum absolute atomic E-state index is 14.3. The monoisotopic (exact) mass is 249 g/mol. The number of piperidine rings is 1. The van der Waals surface area contributed by atoms with Gasteiger partial charge in [-0.05, 0) is 44.6 Å². The summed E-state index contributed by atoms with van der Waals surface area (Å²) in [6.07, 6.45) is 2.32. The van der Waals surface area contributed by atoms with Crippen LogP contribution in [0.15, 0.2) is 0 Å². The lowest BCUT2D eigenvalue weighted by Gasteiger charge is -2.41. The van der Waals surface area contributed by atoms with Gasteiger partial charge in [-0.3, -0.25) is 0 Å². The molecule has 0 spiro atoms. The fourth-order valence-electron chi connectivity index (χ4n) is 3.13. The summed E-state index contributed by atoms with van der Waals surface area (Å²) in [5.41, 5.74) is -1.25. The fraction of sp³-hybridized carbons (Fsp3) is 1.00. The zero-order valence-corrected chi connectivity index (χ0v) is 10.5. The van der Waals surface area contributed by atoms with Crippen LogP contribution in [0.4, 0.5) is 4.39 Å². The summed E-state index contributed by atoms with van der Waals surface area (Å²) in [6.45, 7) is 2.76. The van der Waals surface area contributed by atoms with E-state index in [4.69, 9.17) is 0 Å². The molecule has 0 aliphatic carbocycles. The van der Waals surface area contributed by atoms with Crippen LogP contribution in [0, 0.1) is 11.8 Å². The van der Waals surface area contributed by atoms with Crippen molar-refractivity contribution in [2.45, 2.75) is 31.9 Å². The van der Waals surface area contributed by atoms with Gasteiger partial charge in [0.05, 0.1) is 11.5 Å². The molecule has 2 aliphatic heterocycles. The molecule has 94 valence electrons. The van der Waals surface area contributed by atoms with Crippen molar-refractivity contribution in [1.82, 2.24) is 5.32 Å². The van der Waals surface area contributed by atoms with E-state index in [1.807, 2.05) is 0 Å². The summed E-state index contributed by atoms with van der Waals surface area (Å²) in [5, 5.41) is 3.04. The third-order valence-corrected chi connectivity index (χ3v) is 5.79. The van der Waals surface area contributed by atoms with Gasteiger partial charge in [0.1, 0.15) is 5.67 Å². The van der Waals surface area contributed by atoms with Crippen molar-refractivity contribution in [1.29, 1.82) is 0 Å². The molecule has 0 bridgehead atoms. The molecule has 0 radical (unpaired) electrons. The number of nitrogens with one attached hydrogen (secondary N) is 1. The quantitative estimate of drug-likeness (QED) is 0.758. The fourth-order valence-corrected chi connectivity index (χ4v) is 4.95. The Balaban J connectivity index is 2.11. The van der Waals surface area contributed by atoms with Gasteiger partial charge < -0.3 is 5.32 Å². The SMILES string of the molecule is CC1(F)CNCCC1C1CCCS(=O)(=O)C1. The van der Waals surface area contributed by atoms with E-state index in [9.17, 15) is 12.8 Å². The van der Waals surface area contributed by atoms with E-state index in [-0.39, 0.29) is 23.3 Å². The molecule has 1 N–H and O–H groups in total. The van der Waals surface area contributed by atoms with Gasteiger partial charge in [-0.2, -0.15) is 0 Å². The number of hydrogen-bond acceptors (Lipinski definition) is 3. The van der Waals surface area contributed by atoms with Gasteiger partial charge in [-0.15, -0.1) is 0 Å². The second kappa shape index (κ2) is 4.26. The summed E-state index contributed by atoms with van der Waals surface area (Å²) in [5.74, 6) is 0.411. The molecular weight excluding hydrogens is 229 g/mol. The highest BCUT2D eigenvalue weighted by Gasteiger charge is 2.43. The van der Waals surface area contributed by atoms with Gasteiger partial charge in [0.15, 0.2) is 9.84 Å². The number of halogens is 1. The zero-order chi connectivity index (χ0) is 11.8. The summed E-state index contributed by atoms with van der Waals surface area (Å²) >= 11 is 0. The number of sulfone groups is 1. The standard InChI is InChI=1S/C11H20FNO2S/c1-11(12)8-13-5-4-10(11)9-3-2-6-16(14,15)7-9/h9-10,13H,2-8H2,1H3. The highest BCUT2D eigenvalue weighted by molar-refractivity contribution is 7.91. The Morgan fingerprint density at radius 1 is 1.38 bits per heavy atom. The van der Waals surface area contributed by atoms with Crippen LogP contribution in [-0.4, -0.2) is 38.7 Å². The van der Waals surface area contributed by atoms with Crippen LogP contribution >= 0.6 is 0 Å². The second-order valence-electron chi connectivity index (χ2n) is 5.37. The molecular formula is C11H20FNO2S. The first-order valence-electron chi connectivity index (χ1n) is 6.01. The van der Waals surface area contributed by atoms with Crippen molar-refractivity contribution in [3.63, 3.8) is 0 Å². The molecule has 3 unspecified atom stereocenters. The van der Waals surface area contributed by atoms with E-state index in [1.165, 1.54) is 0 Å². The molecule has 2 saturated heterocycles. The minimum Gasteiger partial charge on any atom is -0.314 e. The first kappa shape index (κ1) is 12.3. The molecule has 2 rings (SSSR count). The molecule has 3 nitrogen and oxygen atoms in total. The third-order valence-electron chi connectivity index (χ3n) is 3.94. The highest BCUT2D eigenvalue weighted by Crippen LogP contribution is 2.38. The zero-order valence-electron chi connectivity index (χ0n) is 9.71. The predicted molar refractivity (Wildman–Crippen MR) is 61.9 cm³/mol. The minimum atomic E-state index is -2.92. The topological polar surface area (TPSA) is 46.2 Å². The summed E-state index contributed by atoms with van der Waals surface area (Å²) < 4.78 is 37.5. The van der Waals surface area contributed by atoms with Crippen molar-refractivity contribution in [2.75, 3.05) is 24.6 Å². The largest absolute Gasteiger partial charge is 0.314 e. The first-order chi connectivity index (χ1) is 7.41. The van der Waals surface area contributed by atoms with E-state index >= 15 is 0 Å². The number of alkyl halides is 1. The average molecular weight is 249 g/mol. The third kappa shape index (κ3) is 2.56. The lowest BCUT2D eigenvalue weighted by atomic mass is 9.75. The van der Waals surface area contributed by atoms with Gasteiger partial charge in [-0.25, -0.2) is 12.8 Å². The molecule has 2 fully saturated rings. The first-order valence-corrected chi connectivity index (χ1v) is 7.83. The number of rotatable bonds is 1. The molecule has 0 aromatic carbocycles. The molecule has 0 aromatic rings. The molecule has 0 amide bonds. The van der Waals surface area contributed by atoms with Crippen molar-refractivity contribution in [2.24, 2.45) is 11.8 Å². The molecule has 5 heteroatoms. The van der Waals surface area contributed by atoms with Crippen LogP contribution in [-0.2, 0) is 9.84 Å². The Bertz CT molecular complexity index is 353. The molecule has 3 atom stereocenters. The van der Waals surface area contributed by atoms with Crippen LogP contribution in [0.25, 0.3) is 0 Å². The van der Waals surface area contributed by atoms with E-state index in [0.29, 0.717) is 13.0 Å². The van der Waals surface area contributed by atoms with Crippen LogP contribution in [0.2, 0.25) is 0 Å². The summed E-state index contributed by atoms with van der Waals surface area (Å²) in [4.78, 5) is 0. The Morgan fingerprint density at radius 3 is 2.75 bits per heavy atom. The van der Waals surface area contributed by atoms with Gasteiger partial charge in [0.25, 0.3) is 0 Å². The van der Waals surface area contributed by atoms with Gasteiger partial charge in [0.2, 0.25) is 0 Å². The van der Waals surface area contributed by atoms with E-state index in [0.717, 1.165) is 19.4 Å². The van der Waals surface area contributed by atoms with Crippen LogP contribution < -0.4 is 5.32 Å². The minimum absolute atomic E-state index is 0.0239. The van der Waals surface area contributed by atoms with E-state index in [2.05, 4.69) is 5.32 Å². The van der Waals surface area contributed by atoms with Crippen LogP contribution in [0.1, 0.15) is 26.2 Å². The molecule has 0 aromatic heterocycles. The summed E-state index contributed by atoms with van der Waals surface area (Å²) in [6, 6.07) is 0. The summed E-state index contributed by atoms with van der Waals surface area (Å²) in [7, 11) is -2.92. The van der Waals surface area contributed by atoms with Crippen molar-refractivity contribution in [3.8, 4) is 0 Å². The maximum atomic E-state index is 14.3. The van der Waals surface area contributed by atoms with Crippen LogP contribution in [0.3, 0.4) is 0 Å². The lowest BCUT2D eigenvalue weighted by Crippen LogP contribution is -2.51. The molecule has 16 heavy (non-hydrogen) atoms. The predicted octanol–water partition coefficient (Wildman–Crippen LogP) is 1.15. The highest BCUT2D eigenvalue weighted by atomic mass is 32.2. The van der Waals surface area contributed by atoms with Gasteiger partial charge in [0, 0.05) is 6.54 Å².